The Hall–Kier alpha value is -1.92. The summed E-state index contributed by atoms with van der Waals surface area (Å²) in [7, 11) is 0. The Morgan fingerprint density at radius 2 is 0.867 bits per heavy atom. The molecular weight excluding hydrogens is 743 g/mol. The first-order valence-electron chi connectivity index (χ1n) is 26.2. The normalized spacial score (nSPS) is 12.9. The summed E-state index contributed by atoms with van der Waals surface area (Å²) >= 11 is 0. The maximum absolute atomic E-state index is 12.4. The van der Waals surface area contributed by atoms with Gasteiger partial charge in [0.2, 0.25) is 5.91 Å². The fourth-order valence-electron chi connectivity index (χ4n) is 7.85. The minimum absolute atomic E-state index is 0.0283. The molecule has 0 saturated carbocycles. The van der Waals surface area contributed by atoms with Gasteiger partial charge in [0.1, 0.15) is 0 Å². The standard InChI is InChI=1S/C54H101NO5/c1-3-5-7-9-11-13-15-16-17-18-19-20-21-23-27-30-34-38-42-46-52(57)51(50-56)55-53(58)47-43-39-35-31-28-24-22-25-29-33-37-41-45-49-60-54(59)48-44-40-36-32-26-14-12-10-8-6-4-2/h10,12,24,28,35,39,51-52,56-57H,3-9,11,13-23,25-27,29-34,36-38,40-50H2,1-2H3,(H,55,58)/b12-10-,28-24-,39-35-. The van der Waals surface area contributed by atoms with Crippen molar-refractivity contribution >= 4 is 11.9 Å². The Kier molecular flexibility index (Phi) is 48.1. The number of aliphatic hydroxyl groups excluding tert-OH is 2. The molecule has 0 aromatic carbocycles. The van der Waals surface area contributed by atoms with Crippen molar-refractivity contribution in [3.05, 3.63) is 36.5 Å². The fourth-order valence-corrected chi connectivity index (χ4v) is 7.85. The number of esters is 1. The van der Waals surface area contributed by atoms with Crippen molar-refractivity contribution in [3.8, 4) is 0 Å². The van der Waals surface area contributed by atoms with Crippen LogP contribution in [0.25, 0.3) is 0 Å². The second-order valence-electron chi connectivity index (χ2n) is 17.8. The lowest BCUT2D eigenvalue weighted by Gasteiger charge is -2.22. The van der Waals surface area contributed by atoms with Crippen LogP contribution in [-0.4, -0.2) is 47.4 Å². The highest BCUT2D eigenvalue weighted by atomic mass is 16.5. The Morgan fingerprint density at radius 3 is 1.37 bits per heavy atom. The maximum atomic E-state index is 12.4. The number of nitrogens with one attached hydrogen (secondary N) is 1. The molecule has 0 aliphatic heterocycles. The van der Waals surface area contributed by atoms with E-state index in [2.05, 4.69) is 49.5 Å². The van der Waals surface area contributed by atoms with Gasteiger partial charge in [0.15, 0.2) is 0 Å². The zero-order valence-corrected chi connectivity index (χ0v) is 39.9. The average Bonchev–Trinajstić information content (AvgIpc) is 3.25. The summed E-state index contributed by atoms with van der Waals surface area (Å²) < 4.78 is 5.43. The van der Waals surface area contributed by atoms with E-state index in [1.165, 1.54) is 180 Å². The second-order valence-corrected chi connectivity index (χ2v) is 17.8. The lowest BCUT2D eigenvalue weighted by molar-refractivity contribution is -0.143. The summed E-state index contributed by atoms with van der Waals surface area (Å²) in [6, 6.07) is -0.586. The molecule has 0 bridgehead atoms. The predicted octanol–water partition coefficient (Wildman–Crippen LogP) is 15.7. The second kappa shape index (κ2) is 49.7. The zero-order valence-electron chi connectivity index (χ0n) is 39.9. The Morgan fingerprint density at radius 1 is 0.467 bits per heavy atom. The number of hydrogen-bond donors (Lipinski definition) is 3. The number of unbranched alkanes of at least 4 members (excludes halogenated alkanes) is 31. The molecule has 2 atom stereocenters. The van der Waals surface area contributed by atoms with Crippen molar-refractivity contribution < 1.29 is 24.5 Å². The predicted molar refractivity (Wildman–Crippen MR) is 259 cm³/mol. The number of amides is 1. The van der Waals surface area contributed by atoms with Gasteiger partial charge in [0.05, 0.1) is 25.4 Å². The Bertz CT molecular complexity index is 977. The van der Waals surface area contributed by atoms with Crippen LogP contribution in [-0.2, 0) is 14.3 Å². The van der Waals surface area contributed by atoms with Gasteiger partial charge in [0, 0.05) is 12.8 Å². The van der Waals surface area contributed by atoms with Gasteiger partial charge in [-0.1, -0.05) is 230 Å². The van der Waals surface area contributed by atoms with E-state index in [0.29, 0.717) is 32.3 Å². The highest BCUT2D eigenvalue weighted by Crippen LogP contribution is 2.16. The molecule has 0 saturated heterocycles. The fraction of sp³-hybridized carbons (Fsp3) is 0.852. The SMILES string of the molecule is CCCC/C=C\CCCCCCCC(=O)OCCCCCCCC/C=C\C/C=C\CCC(=O)NC(CO)C(O)CCCCCCCCCCCCCCCCCCCCC. The van der Waals surface area contributed by atoms with Crippen LogP contribution in [0.2, 0.25) is 0 Å². The number of allylic oxidation sites excluding steroid dienone is 6. The van der Waals surface area contributed by atoms with Crippen molar-refractivity contribution in [2.75, 3.05) is 13.2 Å². The van der Waals surface area contributed by atoms with Crippen molar-refractivity contribution in [1.29, 1.82) is 0 Å². The zero-order chi connectivity index (χ0) is 43.7. The number of aliphatic hydroxyl groups is 2. The summed E-state index contributed by atoms with van der Waals surface area (Å²) in [5, 5.41) is 23.2. The number of hydrogen-bond acceptors (Lipinski definition) is 5. The molecule has 6 nitrogen and oxygen atoms in total. The largest absolute Gasteiger partial charge is 0.466 e. The molecule has 0 heterocycles. The molecule has 0 spiro atoms. The Labute approximate surface area is 373 Å². The van der Waals surface area contributed by atoms with Crippen molar-refractivity contribution in [2.45, 2.75) is 283 Å². The van der Waals surface area contributed by atoms with Gasteiger partial charge in [0.25, 0.3) is 0 Å². The number of carbonyl (C=O) groups is 2. The van der Waals surface area contributed by atoms with E-state index in [4.69, 9.17) is 4.74 Å². The number of ether oxygens (including phenoxy) is 1. The summed E-state index contributed by atoms with van der Waals surface area (Å²) in [6.45, 7) is 4.85. The molecule has 60 heavy (non-hydrogen) atoms. The van der Waals surface area contributed by atoms with Crippen molar-refractivity contribution in [3.63, 3.8) is 0 Å². The van der Waals surface area contributed by atoms with Crippen LogP contribution < -0.4 is 5.32 Å². The van der Waals surface area contributed by atoms with Gasteiger partial charge < -0.3 is 20.3 Å². The summed E-state index contributed by atoms with van der Waals surface area (Å²) in [5.41, 5.74) is 0. The molecule has 3 N–H and O–H groups in total. The molecule has 0 aliphatic rings. The van der Waals surface area contributed by atoms with Gasteiger partial charge in [-0.3, -0.25) is 9.59 Å². The molecule has 0 aliphatic carbocycles. The van der Waals surface area contributed by atoms with E-state index < -0.39 is 12.1 Å². The van der Waals surface area contributed by atoms with E-state index in [1.807, 2.05) is 6.08 Å². The van der Waals surface area contributed by atoms with Gasteiger partial charge in [-0.25, -0.2) is 0 Å². The van der Waals surface area contributed by atoms with E-state index in [-0.39, 0.29) is 18.5 Å². The molecule has 2 unspecified atom stereocenters. The molecule has 0 aromatic rings. The summed E-state index contributed by atoms with van der Waals surface area (Å²) in [6.07, 6.45) is 59.9. The first-order valence-corrected chi connectivity index (χ1v) is 26.2. The minimum atomic E-state index is -0.700. The van der Waals surface area contributed by atoms with Crippen LogP contribution in [0.3, 0.4) is 0 Å². The lowest BCUT2D eigenvalue weighted by Crippen LogP contribution is -2.45. The monoisotopic (exact) mass is 844 g/mol. The molecular formula is C54H101NO5. The quantitative estimate of drug-likeness (QED) is 0.0322. The van der Waals surface area contributed by atoms with Crippen LogP contribution in [0, 0.1) is 0 Å². The van der Waals surface area contributed by atoms with E-state index in [0.717, 1.165) is 51.4 Å². The lowest BCUT2D eigenvalue weighted by atomic mass is 10.0. The number of carbonyl (C=O) groups excluding carboxylic acids is 2. The van der Waals surface area contributed by atoms with Crippen molar-refractivity contribution in [2.24, 2.45) is 0 Å². The Balaban J connectivity index is 3.57. The highest BCUT2D eigenvalue weighted by Gasteiger charge is 2.19. The third kappa shape index (κ3) is 45.6. The van der Waals surface area contributed by atoms with E-state index in [1.54, 1.807) is 0 Å². The number of rotatable bonds is 48. The van der Waals surface area contributed by atoms with Crippen LogP contribution in [0.4, 0.5) is 0 Å². The highest BCUT2D eigenvalue weighted by molar-refractivity contribution is 5.76. The van der Waals surface area contributed by atoms with Crippen molar-refractivity contribution in [1.82, 2.24) is 5.32 Å². The van der Waals surface area contributed by atoms with Crippen LogP contribution >= 0.6 is 0 Å². The van der Waals surface area contributed by atoms with E-state index in [9.17, 15) is 19.8 Å². The third-order valence-electron chi connectivity index (χ3n) is 11.9. The van der Waals surface area contributed by atoms with Gasteiger partial charge >= 0.3 is 5.97 Å². The molecule has 0 aromatic heterocycles. The smallest absolute Gasteiger partial charge is 0.305 e. The first kappa shape index (κ1) is 58.1. The van der Waals surface area contributed by atoms with E-state index >= 15 is 0 Å². The van der Waals surface area contributed by atoms with Crippen LogP contribution in [0.5, 0.6) is 0 Å². The third-order valence-corrected chi connectivity index (χ3v) is 11.9. The van der Waals surface area contributed by atoms with Gasteiger partial charge in [-0.05, 0) is 64.2 Å². The topological polar surface area (TPSA) is 95.9 Å². The molecule has 0 radical (unpaired) electrons. The van der Waals surface area contributed by atoms with Crippen LogP contribution in [0.15, 0.2) is 36.5 Å². The van der Waals surface area contributed by atoms with Gasteiger partial charge in [-0.2, -0.15) is 0 Å². The molecule has 0 rings (SSSR count). The molecule has 1 amide bonds. The van der Waals surface area contributed by atoms with Gasteiger partial charge in [-0.15, -0.1) is 0 Å². The van der Waals surface area contributed by atoms with Crippen LogP contribution in [0.1, 0.15) is 271 Å². The first-order chi connectivity index (χ1) is 29.5. The summed E-state index contributed by atoms with van der Waals surface area (Å²) in [5.74, 6) is -0.143. The molecule has 6 heteroatoms. The molecule has 0 fully saturated rings. The summed E-state index contributed by atoms with van der Waals surface area (Å²) in [4.78, 5) is 24.4. The minimum Gasteiger partial charge on any atom is -0.466 e. The average molecular weight is 844 g/mol. The maximum Gasteiger partial charge on any atom is 0.305 e. The molecule has 352 valence electrons.